The molecule has 3 nitrogen and oxygen atoms in total. The number of aromatic nitrogens is 2. The molecule has 0 saturated carbocycles. The predicted molar refractivity (Wildman–Crippen MR) is 78.2 cm³/mol. The van der Waals surface area contributed by atoms with Gasteiger partial charge in [0.2, 0.25) is 0 Å². The molecule has 19 heavy (non-hydrogen) atoms. The molecule has 0 aliphatic heterocycles. The Morgan fingerprint density at radius 3 is 2.74 bits per heavy atom. The van der Waals surface area contributed by atoms with E-state index in [1.54, 1.807) is 18.9 Å². The third-order valence-corrected chi connectivity index (χ3v) is 3.94. The number of methoxy groups -OCH3 is 1. The van der Waals surface area contributed by atoms with Crippen molar-refractivity contribution in [2.45, 2.75) is 29.7 Å². The first kappa shape index (κ1) is 14.2. The Bertz CT molecular complexity index is 575. The summed E-state index contributed by atoms with van der Waals surface area (Å²) in [6.07, 6.45) is 1.50. The standard InChI is InChI=1S/C14H15ClN2OS/c1-9(2)12-13(15)16-8-17-14(12)19-11-6-4-5-10(7-11)18-3/h4-9H,1-3H3. The fourth-order valence-corrected chi connectivity index (χ4v) is 3.20. The Hall–Kier alpha value is -1.26. The van der Waals surface area contributed by atoms with Crippen LogP contribution in [0.1, 0.15) is 25.3 Å². The van der Waals surface area contributed by atoms with E-state index in [1.165, 1.54) is 6.33 Å². The molecule has 0 atom stereocenters. The maximum atomic E-state index is 6.16. The minimum Gasteiger partial charge on any atom is -0.497 e. The highest BCUT2D eigenvalue weighted by molar-refractivity contribution is 7.99. The van der Waals surface area contributed by atoms with E-state index < -0.39 is 0 Å². The van der Waals surface area contributed by atoms with Gasteiger partial charge in [-0.25, -0.2) is 9.97 Å². The number of hydrogen-bond donors (Lipinski definition) is 0. The van der Waals surface area contributed by atoms with Crippen LogP contribution in [0, 0.1) is 0 Å². The second-order valence-electron chi connectivity index (χ2n) is 4.32. The van der Waals surface area contributed by atoms with Crippen LogP contribution in [-0.4, -0.2) is 17.1 Å². The summed E-state index contributed by atoms with van der Waals surface area (Å²) < 4.78 is 5.22. The molecule has 0 saturated heterocycles. The van der Waals surface area contributed by atoms with Gasteiger partial charge in [0.1, 0.15) is 22.3 Å². The third kappa shape index (κ3) is 3.39. The van der Waals surface area contributed by atoms with Gasteiger partial charge in [0, 0.05) is 10.5 Å². The van der Waals surface area contributed by atoms with Crippen LogP contribution in [-0.2, 0) is 0 Å². The smallest absolute Gasteiger partial charge is 0.137 e. The molecule has 0 N–H and O–H groups in total. The van der Waals surface area contributed by atoms with Crippen molar-refractivity contribution in [3.8, 4) is 5.75 Å². The lowest BCUT2D eigenvalue weighted by atomic mass is 10.1. The van der Waals surface area contributed by atoms with Crippen molar-refractivity contribution in [3.05, 3.63) is 41.3 Å². The largest absolute Gasteiger partial charge is 0.497 e. The molecule has 0 fully saturated rings. The Labute approximate surface area is 122 Å². The summed E-state index contributed by atoms with van der Waals surface area (Å²) in [5.41, 5.74) is 0.983. The maximum absolute atomic E-state index is 6.16. The molecule has 2 aromatic rings. The van der Waals surface area contributed by atoms with Crippen molar-refractivity contribution in [2.24, 2.45) is 0 Å². The zero-order valence-electron chi connectivity index (χ0n) is 11.1. The molecule has 0 amide bonds. The van der Waals surface area contributed by atoms with Crippen molar-refractivity contribution < 1.29 is 4.74 Å². The van der Waals surface area contributed by atoms with Crippen molar-refractivity contribution in [3.63, 3.8) is 0 Å². The van der Waals surface area contributed by atoms with Gasteiger partial charge in [-0.1, -0.05) is 43.3 Å². The average Bonchev–Trinajstić information content (AvgIpc) is 2.38. The Kier molecular flexibility index (Phi) is 4.66. The van der Waals surface area contributed by atoms with Crippen LogP contribution in [0.25, 0.3) is 0 Å². The molecule has 0 unspecified atom stereocenters. The summed E-state index contributed by atoms with van der Waals surface area (Å²) in [5, 5.41) is 1.42. The van der Waals surface area contributed by atoms with E-state index in [-0.39, 0.29) is 5.92 Å². The van der Waals surface area contributed by atoms with Crippen molar-refractivity contribution in [2.75, 3.05) is 7.11 Å². The highest BCUT2D eigenvalue weighted by Crippen LogP contribution is 2.36. The molecule has 0 aliphatic rings. The molecule has 1 aromatic carbocycles. The normalized spacial score (nSPS) is 10.8. The molecule has 1 heterocycles. The summed E-state index contributed by atoms with van der Waals surface area (Å²) in [4.78, 5) is 9.46. The highest BCUT2D eigenvalue weighted by Gasteiger charge is 2.14. The van der Waals surface area contributed by atoms with Crippen LogP contribution in [0.4, 0.5) is 0 Å². The van der Waals surface area contributed by atoms with Gasteiger partial charge in [0.05, 0.1) is 7.11 Å². The van der Waals surface area contributed by atoms with Gasteiger partial charge in [-0.3, -0.25) is 0 Å². The van der Waals surface area contributed by atoms with Gasteiger partial charge < -0.3 is 4.74 Å². The van der Waals surface area contributed by atoms with E-state index in [4.69, 9.17) is 16.3 Å². The number of ether oxygens (including phenoxy) is 1. The number of nitrogens with zero attached hydrogens (tertiary/aromatic N) is 2. The van der Waals surface area contributed by atoms with Gasteiger partial charge in [0.25, 0.3) is 0 Å². The van der Waals surface area contributed by atoms with E-state index >= 15 is 0 Å². The lowest BCUT2D eigenvalue weighted by Crippen LogP contribution is -1.97. The fraction of sp³-hybridized carbons (Fsp3) is 0.286. The van der Waals surface area contributed by atoms with E-state index in [1.807, 2.05) is 24.3 Å². The van der Waals surface area contributed by atoms with Crippen LogP contribution >= 0.6 is 23.4 Å². The first-order valence-electron chi connectivity index (χ1n) is 5.94. The molecular weight excluding hydrogens is 280 g/mol. The number of benzene rings is 1. The first-order chi connectivity index (χ1) is 9.11. The molecular formula is C14H15ClN2OS. The number of halogens is 1. The summed E-state index contributed by atoms with van der Waals surface area (Å²) in [7, 11) is 1.66. The topological polar surface area (TPSA) is 35.0 Å². The van der Waals surface area contributed by atoms with Gasteiger partial charge in [-0.2, -0.15) is 0 Å². The first-order valence-corrected chi connectivity index (χ1v) is 7.13. The van der Waals surface area contributed by atoms with E-state index in [9.17, 15) is 0 Å². The Balaban J connectivity index is 2.35. The minimum absolute atomic E-state index is 0.279. The van der Waals surface area contributed by atoms with Gasteiger partial charge >= 0.3 is 0 Å². The van der Waals surface area contributed by atoms with Crippen molar-refractivity contribution in [1.82, 2.24) is 9.97 Å². The molecule has 0 aliphatic carbocycles. The van der Waals surface area contributed by atoms with Gasteiger partial charge in [-0.05, 0) is 24.1 Å². The van der Waals surface area contributed by atoms with Gasteiger partial charge in [-0.15, -0.1) is 0 Å². The minimum atomic E-state index is 0.279. The van der Waals surface area contributed by atoms with Crippen LogP contribution < -0.4 is 4.74 Å². The summed E-state index contributed by atoms with van der Waals surface area (Å²) >= 11 is 7.73. The van der Waals surface area contributed by atoms with Crippen LogP contribution in [0.2, 0.25) is 5.15 Å². The highest BCUT2D eigenvalue weighted by atomic mass is 35.5. The van der Waals surface area contributed by atoms with E-state index in [0.717, 1.165) is 21.2 Å². The maximum Gasteiger partial charge on any atom is 0.137 e. The lowest BCUT2D eigenvalue weighted by Gasteiger charge is -2.12. The monoisotopic (exact) mass is 294 g/mol. The fourth-order valence-electron chi connectivity index (χ4n) is 1.70. The van der Waals surface area contributed by atoms with Crippen LogP contribution in [0.3, 0.4) is 0 Å². The quantitative estimate of drug-likeness (QED) is 0.782. The van der Waals surface area contributed by atoms with Gasteiger partial charge in [0.15, 0.2) is 0 Å². The molecule has 0 bridgehead atoms. The molecule has 100 valence electrons. The molecule has 0 radical (unpaired) electrons. The SMILES string of the molecule is COc1cccc(Sc2ncnc(Cl)c2C(C)C)c1. The predicted octanol–water partition coefficient (Wildman–Crippen LogP) is 4.41. The van der Waals surface area contributed by atoms with Crippen LogP contribution in [0.15, 0.2) is 40.5 Å². The number of hydrogen-bond acceptors (Lipinski definition) is 4. The molecule has 1 aromatic heterocycles. The summed E-state index contributed by atoms with van der Waals surface area (Å²) in [6, 6.07) is 7.87. The zero-order valence-corrected chi connectivity index (χ0v) is 12.6. The van der Waals surface area contributed by atoms with Crippen molar-refractivity contribution >= 4 is 23.4 Å². The summed E-state index contributed by atoms with van der Waals surface area (Å²) in [5.74, 6) is 1.11. The Morgan fingerprint density at radius 2 is 2.05 bits per heavy atom. The van der Waals surface area contributed by atoms with E-state index in [0.29, 0.717) is 5.15 Å². The Morgan fingerprint density at radius 1 is 1.26 bits per heavy atom. The third-order valence-electron chi connectivity index (χ3n) is 2.63. The second-order valence-corrected chi connectivity index (χ2v) is 5.74. The molecule has 2 rings (SSSR count). The zero-order chi connectivity index (χ0) is 13.8. The second kappa shape index (κ2) is 6.26. The average molecular weight is 295 g/mol. The molecule has 5 heteroatoms. The van der Waals surface area contributed by atoms with Crippen molar-refractivity contribution in [1.29, 1.82) is 0 Å². The van der Waals surface area contributed by atoms with Crippen LogP contribution in [0.5, 0.6) is 5.75 Å². The number of rotatable bonds is 4. The summed E-state index contributed by atoms with van der Waals surface area (Å²) in [6.45, 7) is 4.17. The van der Waals surface area contributed by atoms with E-state index in [2.05, 4.69) is 23.8 Å². The lowest BCUT2D eigenvalue weighted by molar-refractivity contribution is 0.413. The molecule has 0 spiro atoms.